The van der Waals surface area contributed by atoms with Gasteiger partial charge in [-0.1, -0.05) is 66.7 Å². The van der Waals surface area contributed by atoms with E-state index in [2.05, 4.69) is 20.7 Å². The first-order chi connectivity index (χ1) is 15.2. The predicted octanol–water partition coefficient (Wildman–Crippen LogP) is 5.16. The van der Waals surface area contributed by atoms with Crippen molar-refractivity contribution in [3.05, 3.63) is 113 Å². The van der Waals surface area contributed by atoms with Gasteiger partial charge in [-0.15, -0.1) is 0 Å². The SMILES string of the molecule is O=[N+]([O-])c1c(NCc2ccccc2)ncnc1NN(c1ccccc1)c1ccccc1. The van der Waals surface area contributed by atoms with E-state index in [0.29, 0.717) is 6.54 Å². The highest BCUT2D eigenvalue weighted by Crippen LogP contribution is 2.32. The molecule has 0 radical (unpaired) electrons. The summed E-state index contributed by atoms with van der Waals surface area (Å²) in [6.07, 6.45) is 1.30. The highest BCUT2D eigenvalue weighted by atomic mass is 16.6. The van der Waals surface area contributed by atoms with Crippen LogP contribution in [0.3, 0.4) is 0 Å². The lowest BCUT2D eigenvalue weighted by molar-refractivity contribution is -0.383. The number of rotatable bonds is 8. The molecule has 0 aliphatic carbocycles. The van der Waals surface area contributed by atoms with Gasteiger partial charge in [0.05, 0.1) is 16.3 Å². The van der Waals surface area contributed by atoms with E-state index in [4.69, 9.17) is 0 Å². The van der Waals surface area contributed by atoms with Gasteiger partial charge in [0, 0.05) is 6.54 Å². The molecule has 3 aromatic carbocycles. The van der Waals surface area contributed by atoms with Gasteiger partial charge in [0.2, 0.25) is 11.6 Å². The monoisotopic (exact) mass is 412 g/mol. The highest BCUT2D eigenvalue weighted by molar-refractivity contribution is 5.74. The summed E-state index contributed by atoms with van der Waals surface area (Å²) in [5.41, 5.74) is 5.47. The summed E-state index contributed by atoms with van der Waals surface area (Å²) in [6.45, 7) is 0.402. The molecule has 31 heavy (non-hydrogen) atoms. The molecule has 0 fully saturated rings. The molecular formula is C23H20N6O2. The summed E-state index contributed by atoms with van der Waals surface area (Å²) in [7, 11) is 0. The Hall–Kier alpha value is -4.46. The van der Waals surface area contributed by atoms with Gasteiger partial charge in [-0.2, -0.15) is 0 Å². The average Bonchev–Trinajstić information content (AvgIpc) is 2.83. The average molecular weight is 412 g/mol. The topological polar surface area (TPSA) is 96.2 Å². The second-order valence-electron chi connectivity index (χ2n) is 6.63. The van der Waals surface area contributed by atoms with Crippen molar-refractivity contribution in [3.63, 3.8) is 0 Å². The number of hydrogen-bond donors (Lipinski definition) is 2. The zero-order valence-electron chi connectivity index (χ0n) is 16.6. The zero-order chi connectivity index (χ0) is 21.5. The zero-order valence-corrected chi connectivity index (χ0v) is 16.6. The Labute approximate surface area is 179 Å². The van der Waals surface area contributed by atoms with Crippen LogP contribution in [0, 0.1) is 10.1 Å². The van der Waals surface area contributed by atoms with Gasteiger partial charge in [-0.25, -0.2) is 9.97 Å². The van der Waals surface area contributed by atoms with Gasteiger partial charge >= 0.3 is 5.69 Å². The molecule has 4 aromatic rings. The summed E-state index contributed by atoms with van der Waals surface area (Å²) in [4.78, 5) is 19.7. The molecule has 0 saturated heterocycles. The van der Waals surface area contributed by atoms with Crippen molar-refractivity contribution in [2.24, 2.45) is 0 Å². The largest absolute Gasteiger partial charge is 0.360 e. The lowest BCUT2D eigenvalue weighted by Gasteiger charge is -2.26. The number of nitro groups is 1. The Kier molecular flexibility index (Phi) is 5.99. The minimum atomic E-state index is -0.482. The van der Waals surface area contributed by atoms with E-state index in [9.17, 15) is 10.1 Å². The van der Waals surface area contributed by atoms with Crippen molar-refractivity contribution in [1.82, 2.24) is 9.97 Å². The number of aromatic nitrogens is 2. The third kappa shape index (κ3) is 4.76. The van der Waals surface area contributed by atoms with E-state index in [0.717, 1.165) is 16.9 Å². The minimum absolute atomic E-state index is 0.0864. The van der Waals surface area contributed by atoms with Crippen LogP contribution < -0.4 is 15.8 Å². The fourth-order valence-corrected chi connectivity index (χ4v) is 3.08. The van der Waals surface area contributed by atoms with E-state index < -0.39 is 4.92 Å². The number of anilines is 4. The molecule has 0 aliphatic rings. The quantitative estimate of drug-likeness (QED) is 0.305. The van der Waals surface area contributed by atoms with Gasteiger partial charge in [0.1, 0.15) is 6.33 Å². The molecule has 1 heterocycles. The number of para-hydroxylation sites is 2. The molecule has 8 nitrogen and oxygen atoms in total. The van der Waals surface area contributed by atoms with Crippen LogP contribution >= 0.6 is 0 Å². The van der Waals surface area contributed by atoms with Crippen molar-refractivity contribution in [2.75, 3.05) is 15.8 Å². The molecule has 4 rings (SSSR count). The summed E-state index contributed by atoms with van der Waals surface area (Å²) < 4.78 is 0. The molecule has 0 unspecified atom stereocenters. The number of hydrogen-bond acceptors (Lipinski definition) is 7. The third-order valence-corrected chi connectivity index (χ3v) is 4.55. The van der Waals surface area contributed by atoms with E-state index in [1.54, 1.807) is 5.01 Å². The van der Waals surface area contributed by atoms with Crippen LogP contribution in [0.4, 0.5) is 28.7 Å². The summed E-state index contributed by atoms with van der Waals surface area (Å²) in [5.74, 6) is 0.232. The molecule has 2 N–H and O–H groups in total. The first kappa shape index (κ1) is 19.8. The van der Waals surface area contributed by atoms with E-state index >= 15 is 0 Å². The number of nitrogens with one attached hydrogen (secondary N) is 2. The van der Waals surface area contributed by atoms with Gasteiger partial charge < -0.3 is 5.32 Å². The Bertz CT molecular complexity index is 1100. The maximum Gasteiger partial charge on any atom is 0.354 e. The van der Waals surface area contributed by atoms with Gasteiger partial charge in [0.15, 0.2) is 0 Å². The Morgan fingerprint density at radius 2 is 1.29 bits per heavy atom. The molecule has 1 aromatic heterocycles. The minimum Gasteiger partial charge on any atom is -0.360 e. The second-order valence-corrected chi connectivity index (χ2v) is 6.63. The molecule has 0 bridgehead atoms. The molecular weight excluding hydrogens is 392 g/mol. The van der Waals surface area contributed by atoms with Crippen LogP contribution in [0.25, 0.3) is 0 Å². The molecule has 0 spiro atoms. The third-order valence-electron chi connectivity index (χ3n) is 4.55. The molecule has 0 saturated carbocycles. The van der Waals surface area contributed by atoms with Crippen LogP contribution in [0.5, 0.6) is 0 Å². The van der Waals surface area contributed by atoms with Crippen LogP contribution in [-0.2, 0) is 6.54 Å². The van der Waals surface area contributed by atoms with Gasteiger partial charge in [-0.05, 0) is 29.8 Å². The smallest absolute Gasteiger partial charge is 0.354 e. The lowest BCUT2D eigenvalue weighted by Crippen LogP contribution is -2.26. The Morgan fingerprint density at radius 1 is 0.774 bits per heavy atom. The maximum absolute atomic E-state index is 11.9. The molecule has 0 aliphatic heterocycles. The van der Waals surface area contributed by atoms with Crippen molar-refractivity contribution in [2.45, 2.75) is 6.54 Å². The van der Waals surface area contributed by atoms with Crippen LogP contribution in [0.15, 0.2) is 97.3 Å². The lowest BCUT2D eigenvalue weighted by atomic mass is 10.2. The van der Waals surface area contributed by atoms with E-state index in [1.165, 1.54) is 6.33 Å². The van der Waals surface area contributed by atoms with Crippen molar-refractivity contribution >= 4 is 28.7 Å². The van der Waals surface area contributed by atoms with Crippen molar-refractivity contribution < 1.29 is 4.92 Å². The number of benzene rings is 3. The van der Waals surface area contributed by atoms with Crippen LogP contribution in [0.2, 0.25) is 0 Å². The normalized spacial score (nSPS) is 10.3. The molecule has 8 heteroatoms. The standard InChI is InChI=1S/C23H20N6O2/c30-29(31)21-22(24-16-18-10-4-1-5-11-18)25-17-26-23(21)27-28(19-12-6-2-7-13-19)20-14-8-3-9-15-20/h1-15,17H,16H2,(H2,24,25,26,27). The molecule has 154 valence electrons. The Balaban J connectivity index is 1.68. The van der Waals surface area contributed by atoms with E-state index in [1.807, 2.05) is 91.0 Å². The van der Waals surface area contributed by atoms with E-state index in [-0.39, 0.29) is 17.3 Å². The van der Waals surface area contributed by atoms with Gasteiger partial charge in [0.25, 0.3) is 0 Å². The van der Waals surface area contributed by atoms with Crippen LogP contribution in [0.1, 0.15) is 5.56 Å². The first-order valence-corrected chi connectivity index (χ1v) is 9.66. The van der Waals surface area contributed by atoms with Crippen LogP contribution in [-0.4, -0.2) is 14.9 Å². The first-order valence-electron chi connectivity index (χ1n) is 9.66. The number of nitrogens with zero attached hydrogens (tertiary/aromatic N) is 4. The summed E-state index contributed by atoms with van der Waals surface area (Å²) >= 11 is 0. The summed E-state index contributed by atoms with van der Waals surface area (Å²) in [6, 6.07) is 28.6. The molecule has 0 atom stereocenters. The predicted molar refractivity (Wildman–Crippen MR) is 121 cm³/mol. The second kappa shape index (κ2) is 9.36. The van der Waals surface area contributed by atoms with Crippen molar-refractivity contribution in [3.8, 4) is 0 Å². The van der Waals surface area contributed by atoms with Crippen molar-refractivity contribution in [1.29, 1.82) is 0 Å². The fraction of sp³-hybridized carbons (Fsp3) is 0.0435. The summed E-state index contributed by atoms with van der Waals surface area (Å²) in [5, 5.41) is 16.7. The Morgan fingerprint density at radius 3 is 1.84 bits per heavy atom. The maximum atomic E-state index is 11.9. The highest BCUT2D eigenvalue weighted by Gasteiger charge is 2.25. The fourth-order valence-electron chi connectivity index (χ4n) is 3.08. The molecule has 0 amide bonds. The van der Waals surface area contributed by atoms with Gasteiger partial charge in [-0.3, -0.25) is 20.5 Å². The number of hydrazine groups is 1.